The van der Waals surface area contributed by atoms with Gasteiger partial charge in [0.1, 0.15) is 5.56 Å². The first-order valence-corrected chi connectivity index (χ1v) is 10.9. The van der Waals surface area contributed by atoms with Crippen molar-refractivity contribution < 1.29 is 26.4 Å². The third-order valence-corrected chi connectivity index (χ3v) is 6.59. The summed E-state index contributed by atoms with van der Waals surface area (Å²) in [5.41, 5.74) is -0.583. The average Bonchev–Trinajstić information content (AvgIpc) is 3.40. The Balaban J connectivity index is 1.74. The molecule has 11 heteroatoms. The van der Waals surface area contributed by atoms with E-state index in [1.165, 1.54) is 23.0 Å². The van der Waals surface area contributed by atoms with Crippen LogP contribution in [0.1, 0.15) is 22.3 Å². The Morgan fingerprint density at radius 1 is 1.17 bits per heavy atom. The highest BCUT2D eigenvalue weighted by Gasteiger charge is 2.32. The lowest BCUT2D eigenvalue weighted by Crippen LogP contribution is -2.36. The molecule has 1 amide bonds. The van der Waals surface area contributed by atoms with Gasteiger partial charge in [-0.25, -0.2) is 13.1 Å². The summed E-state index contributed by atoms with van der Waals surface area (Å²) < 4.78 is 65.5. The molecule has 2 aromatic heterocycles. The summed E-state index contributed by atoms with van der Waals surface area (Å²) in [6, 6.07) is 7.52. The topological polar surface area (TPSA) is 86.0 Å². The second-order valence-electron chi connectivity index (χ2n) is 7.01. The van der Waals surface area contributed by atoms with Crippen molar-refractivity contribution in [1.29, 1.82) is 0 Å². The van der Waals surface area contributed by atoms with E-state index in [0.29, 0.717) is 6.42 Å². The van der Waals surface area contributed by atoms with E-state index in [4.69, 9.17) is 0 Å². The Bertz CT molecular complexity index is 1180. The molecular formula is C19H17F3N4O3S. The van der Waals surface area contributed by atoms with Gasteiger partial charge in [0.05, 0.1) is 29.0 Å². The molecule has 3 heterocycles. The maximum atomic E-state index is 13.1. The van der Waals surface area contributed by atoms with E-state index in [1.807, 2.05) is 0 Å². The predicted octanol–water partition coefficient (Wildman–Crippen LogP) is 2.60. The molecule has 0 bridgehead atoms. The van der Waals surface area contributed by atoms with Crippen molar-refractivity contribution in [2.75, 3.05) is 11.5 Å². The van der Waals surface area contributed by atoms with Crippen LogP contribution in [0.2, 0.25) is 0 Å². The van der Waals surface area contributed by atoms with Gasteiger partial charge in [-0.1, -0.05) is 6.07 Å². The van der Waals surface area contributed by atoms with Gasteiger partial charge >= 0.3 is 6.18 Å². The first-order valence-electron chi connectivity index (χ1n) is 9.04. The van der Waals surface area contributed by atoms with E-state index < -0.39 is 33.5 Å². The van der Waals surface area contributed by atoms with Crippen molar-refractivity contribution in [3.8, 4) is 11.5 Å². The van der Waals surface area contributed by atoms with E-state index in [-0.39, 0.29) is 28.6 Å². The van der Waals surface area contributed by atoms with Crippen LogP contribution < -0.4 is 5.32 Å². The number of aromatic nitrogens is 3. The van der Waals surface area contributed by atoms with Crippen LogP contribution in [-0.4, -0.2) is 46.2 Å². The molecule has 1 aliphatic heterocycles. The molecule has 0 aliphatic carbocycles. The molecule has 1 unspecified atom stereocenters. The number of carbonyl (C=O) groups excluding carboxylic acids is 1. The number of nitrogens with zero attached hydrogens (tertiary/aromatic N) is 3. The summed E-state index contributed by atoms with van der Waals surface area (Å²) in [6.07, 6.45) is 0.323. The van der Waals surface area contributed by atoms with Crippen molar-refractivity contribution in [3.05, 3.63) is 66.1 Å². The van der Waals surface area contributed by atoms with Gasteiger partial charge in [-0.2, -0.15) is 18.3 Å². The van der Waals surface area contributed by atoms with Gasteiger partial charge in [0, 0.05) is 18.4 Å². The second-order valence-corrected chi connectivity index (χ2v) is 9.23. The number of hydrogen-bond donors (Lipinski definition) is 1. The van der Waals surface area contributed by atoms with Crippen LogP contribution in [0.15, 0.2) is 55.0 Å². The number of hydrogen-bond acceptors (Lipinski definition) is 4. The third kappa shape index (κ3) is 3.97. The van der Waals surface area contributed by atoms with Crippen LogP contribution in [0.5, 0.6) is 0 Å². The lowest BCUT2D eigenvalue weighted by molar-refractivity contribution is -0.137. The van der Waals surface area contributed by atoms with Crippen molar-refractivity contribution in [2.24, 2.45) is 0 Å². The van der Waals surface area contributed by atoms with Gasteiger partial charge in [0.15, 0.2) is 15.7 Å². The molecule has 1 fully saturated rings. The van der Waals surface area contributed by atoms with E-state index in [9.17, 15) is 26.4 Å². The SMILES string of the molecule is O=C(NC1CCS(=O)(=O)C1)c1cnn(-c2cccc(C(F)(F)F)c2)c1-n1cccc1. The van der Waals surface area contributed by atoms with Gasteiger partial charge in [0.25, 0.3) is 5.91 Å². The molecule has 0 spiro atoms. The molecule has 1 aliphatic rings. The lowest BCUT2D eigenvalue weighted by Gasteiger charge is -2.14. The number of benzene rings is 1. The maximum absolute atomic E-state index is 13.1. The average molecular weight is 438 g/mol. The van der Waals surface area contributed by atoms with Crippen molar-refractivity contribution in [1.82, 2.24) is 19.7 Å². The van der Waals surface area contributed by atoms with Crippen molar-refractivity contribution in [2.45, 2.75) is 18.6 Å². The molecule has 1 atom stereocenters. The molecule has 30 heavy (non-hydrogen) atoms. The summed E-state index contributed by atoms with van der Waals surface area (Å²) in [5, 5.41) is 6.83. The molecule has 158 valence electrons. The largest absolute Gasteiger partial charge is 0.416 e. The lowest BCUT2D eigenvalue weighted by atomic mass is 10.2. The summed E-state index contributed by atoms with van der Waals surface area (Å²) in [5.74, 6) is -0.428. The zero-order valence-electron chi connectivity index (χ0n) is 15.5. The van der Waals surface area contributed by atoms with E-state index in [1.54, 1.807) is 29.1 Å². The Morgan fingerprint density at radius 2 is 1.90 bits per heavy atom. The quantitative estimate of drug-likeness (QED) is 0.679. The second kappa shape index (κ2) is 7.31. The van der Waals surface area contributed by atoms with Crippen LogP contribution in [0, 0.1) is 0 Å². The number of alkyl halides is 3. The fraction of sp³-hybridized carbons (Fsp3) is 0.263. The molecule has 0 radical (unpaired) electrons. The zero-order chi connectivity index (χ0) is 21.5. The molecule has 4 rings (SSSR count). The summed E-state index contributed by atoms with van der Waals surface area (Å²) >= 11 is 0. The predicted molar refractivity (Wildman–Crippen MR) is 102 cm³/mol. The third-order valence-electron chi connectivity index (χ3n) is 4.82. The molecule has 3 aromatic rings. The van der Waals surface area contributed by atoms with E-state index >= 15 is 0 Å². The number of carbonyl (C=O) groups is 1. The number of rotatable bonds is 4. The standard InChI is InChI=1S/C19H17F3N4O3S/c20-19(21,22)13-4-3-5-15(10-13)26-18(25-7-1-2-8-25)16(11-23-26)17(27)24-14-6-9-30(28,29)12-14/h1-5,7-8,10-11,14H,6,9,12H2,(H,24,27). The number of halogens is 3. The highest BCUT2D eigenvalue weighted by molar-refractivity contribution is 7.91. The molecular weight excluding hydrogens is 421 g/mol. The summed E-state index contributed by atoms with van der Waals surface area (Å²) in [7, 11) is -3.18. The number of amides is 1. The minimum atomic E-state index is -4.52. The maximum Gasteiger partial charge on any atom is 0.416 e. The minimum Gasteiger partial charge on any atom is -0.348 e. The number of sulfone groups is 1. The Labute approximate surface area is 170 Å². The monoisotopic (exact) mass is 438 g/mol. The smallest absolute Gasteiger partial charge is 0.348 e. The van der Waals surface area contributed by atoms with Gasteiger partial charge in [-0.15, -0.1) is 0 Å². The van der Waals surface area contributed by atoms with Gasteiger partial charge in [-0.05, 0) is 36.8 Å². The highest BCUT2D eigenvalue weighted by atomic mass is 32.2. The van der Waals surface area contributed by atoms with Crippen LogP contribution in [0.4, 0.5) is 13.2 Å². The fourth-order valence-electron chi connectivity index (χ4n) is 3.40. The molecule has 1 aromatic carbocycles. The highest BCUT2D eigenvalue weighted by Crippen LogP contribution is 2.31. The Kier molecular flexibility index (Phi) is 4.92. The zero-order valence-corrected chi connectivity index (χ0v) is 16.3. The van der Waals surface area contributed by atoms with Crippen LogP contribution >= 0.6 is 0 Å². The normalized spacial score (nSPS) is 18.4. The molecule has 7 nitrogen and oxygen atoms in total. The van der Waals surface area contributed by atoms with Crippen molar-refractivity contribution in [3.63, 3.8) is 0 Å². The molecule has 0 saturated carbocycles. The van der Waals surface area contributed by atoms with Gasteiger partial charge in [0.2, 0.25) is 0 Å². The molecule has 1 N–H and O–H groups in total. The van der Waals surface area contributed by atoms with Crippen molar-refractivity contribution >= 4 is 15.7 Å². The number of nitrogens with one attached hydrogen (secondary N) is 1. The van der Waals surface area contributed by atoms with Crippen LogP contribution in [0.25, 0.3) is 11.5 Å². The van der Waals surface area contributed by atoms with Crippen LogP contribution in [-0.2, 0) is 16.0 Å². The first-order chi connectivity index (χ1) is 14.1. The first kappa shape index (κ1) is 20.2. The summed E-state index contributed by atoms with van der Waals surface area (Å²) in [6.45, 7) is 0. The Morgan fingerprint density at radius 3 is 2.53 bits per heavy atom. The summed E-state index contributed by atoms with van der Waals surface area (Å²) in [4.78, 5) is 12.8. The van der Waals surface area contributed by atoms with Crippen LogP contribution in [0.3, 0.4) is 0 Å². The molecule has 1 saturated heterocycles. The minimum absolute atomic E-state index is 0.00585. The van der Waals surface area contributed by atoms with E-state index in [2.05, 4.69) is 10.4 Å². The van der Waals surface area contributed by atoms with Gasteiger partial charge < -0.3 is 9.88 Å². The Hall–Kier alpha value is -3.08. The fourth-order valence-corrected chi connectivity index (χ4v) is 5.07. The van der Waals surface area contributed by atoms with Gasteiger partial charge in [-0.3, -0.25) is 4.79 Å². The van der Waals surface area contributed by atoms with E-state index in [0.717, 1.165) is 12.1 Å².